The molecule has 0 bridgehead atoms. The van der Waals surface area contributed by atoms with Crippen molar-refractivity contribution in [3.63, 3.8) is 0 Å². The lowest BCUT2D eigenvalue weighted by Crippen LogP contribution is -2.07. The molecule has 22 heavy (non-hydrogen) atoms. The van der Waals surface area contributed by atoms with Crippen molar-refractivity contribution in [1.82, 2.24) is 9.78 Å². The fourth-order valence-corrected chi connectivity index (χ4v) is 2.47. The van der Waals surface area contributed by atoms with Crippen molar-refractivity contribution in [2.45, 2.75) is 6.54 Å². The van der Waals surface area contributed by atoms with Gasteiger partial charge in [0.1, 0.15) is 5.82 Å². The number of hydrogen-bond acceptors (Lipinski definition) is 3. The number of carbonyl (C=O) groups excluding carboxylic acids is 1. The summed E-state index contributed by atoms with van der Waals surface area (Å²) in [5, 5.41) is 5.27. The second-order valence-corrected chi connectivity index (χ2v) is 5.19. The molecule has 1 heterocycles. The van der Waals surface area contributed by atoms with Gasteiger partial charge in [-0.15, -0.1) is 0 Å². The third kappa shape index (κ3) is 2.55. The minimum Gasteiger partial charge on any atom is -0.464 e. The van der Waals surface area contributed by atoms with Crippen molar-refractivity contribution in [1.29, 1.82) is 0 Å². The van der Waals surface area contributed by atoms with Gasteiger partial charge in [0.05, 0.1) is 19.2 Å². The summed E-state index contributed by atoms with van der Waals surface area (Å²) in [6, 6.07) is 11.7. The maximum atomic E-state index is 14.0. The number of carbonyl (C=O) groups is 1. The molecule has 112 valence electrons. The molecule has 0 aliphatic rings. The Morgan fingerprint density at radius 2 is 2.09 bits per heavy atom. The number of esters is 1. The monoisotopic (exact) mass is 318 g/mol. The Morgan fingerprint density at radius 1 is 1.32 bits per heavy atom. The summed E-state index contributed by atoms with van der Waals surface area (Å²) in [7, 11) is 1.30. The topological polar surface area (TPSA) is 44.1 Å². The van der Waals surface area contributed by atoms with E-state index in [0.29, 0.717) is 16.0 Å². The summed E-state index contributed by atoms with van der Waals surface area (Å²) in [6.07, 6.45) is 0. The predicted molar refractivity (Wildman–Crippen MR) is 81.6 cm³/mol. The van der Waals surface area contributed by atoms with E-state index in [9.17, 15) is 9.18 Å². The van der Waals surface area contributed by atoms with Gasteiger partial charge in [-0.1, -0.05) is 35.9 Å². The molecule has 6 heteroatoms. The first-order valence-corrected chi connectivity index (χ1v) is 6.95. The van der Waals surface area contributed by atoms with Gasteiger partial charge in [0, 0.05) is 16.0 Å². The molecule has 0 saturated heterocycles. The van der Waals surface area contributed by atoms with Crippen LogP contribution in [0.5, 0.6) is 0 Å². The molecule has 0 amide bonds. The van der Waals surface area contributed by atoms with Gasteiger partial charge in [-0.3, -0.25) is 4.68 Å². The summed E-state index contributed by atoms with van der Waals surface area (Å²) in [6.45, 7) is 0.195. The molecule has 2 aromatic carbocycles. The summed E-state index contributed by atoms with van der Waals surface area (Å²) in [5.74, 6) is -0.932. The molecule has 3 rings (SSSR count). The summed E-state index contributed by atoms with van der Waals surface area (Å²) < 4.78 is 20.3. The van der Waals surface area contributed by atoms with Gasteiger partial charge in [0.15, 0.2) is 5.69 Å². The maximum Gasteiger partial charge on any atom is 0.359 e. The molecule has 0 atom stereocenters. The average Bonchev–Trinajstić information content (AvgIpc) is 2.88. The van der Waals surface area contributed by atoms with Crippen molar-refractivity contribution in [3.8, 4) is 0 Å². The quantitative estimate of drug-likeness (QED) is 0.692. The van der Waals surface area contributed by atoms with Gasteiger partial charge < -0.3 is 4.74 Å². The van der Waals surface area contributed by atoms with Gasteiger partial charge in [0.2, 0.25) is 0 Å². The first kappa shape index (κ1) is 14.5. The second-order valence-electron chi connectivity index (χ2n) is 4.75. The van der Waals surface area contributed by atoms with E-state index in [0.717, 1.165) is 5.52 Å². The molecule has 0 N–H and O–H groups in total. The minimum atomic E-state index is -0.522. The SMILES string of the molecule is COC(=O)c1nn(Cc2ccc(Cl)cc2F)c2ccccc12. The number of benzene rings is 2. The van der Waals surface area contributed by atoms with Crippen LogP contribution in [0.25, 0.3) is 10.9 Å². The standard InChI is InChI=1S/C16H12ClFN2O2/c1-22-16(21)15-12-4-2-3-5-14(12)20(19-15)9-10-6-7-11(17)8-13(10)18/h2-8H,9H2,1H3. The highest BCUT2D eigenvalue weighted by Crippen LogP contribution is 2.22. The van der Waals surface area contributed by atoms with E-state index < -0.39 is 11.8 Å². The Labute approximate surface area is 131 Å². The lowest BCUT2D eigenvalue weighted by atomic mass is 10.2. The Morgan fingerprint density at radius 3 is 2.82 bits per heavy atom. The highest BCUT2D eigenvalue weighted by atomic mass is 35.5. The van der Waals surface area contributed by atoms with E-state index in [-0.39, 0.29) is 12.2 Å². The summed E-state index contributed by atoms with van der Waals surface area (Å²) >= 11 is 5.76. The van der Waals surface area contributed by atoms with Crippen molar-refractivity contribution in [2.24, 2.45) is 0 Å². The number of hydrogen-bond donors (Lipinski definition) is 0. The van der Waals surface area contributed by atoms with Crippen molar-refractivity contribution in [2.75, 3.05) is 7.11 Å². The molecule has 4 nitrogen and oxygen atoms in total. The molecular weight excluding hydrogens is 307 g/mol. The lowest BCUT2D eigenvalue weighted by Gasteiger charge is -2.05. The number of rotatable bonds is 3. The van der Waals surface area contributed by atoms with Crippen LogP contribution in [0, 0.1) is 5.82 Å². The van der Waals surface area contributed by atoms with Gasteiger partial charge in [-0.05, 0) is 18.2 Å². The van der Waals surface area contributed by atoms with Crippen LogP contribution in [0.4, 0.5) is 4.39 Å². The van der Waals surface area contributed by atoms with Gasteiger partial charge in [-0.25, -0.2) is 9.18 Å². The van der Waals surface area contributed by atoms with Gasteiger partial charge in [0.25, 0.3) is 0 Å². The van der Waals surface area contributed by atoms with Crippen LogP contribution in [0.1, 0.15) is 16.1 Å². The van der Waals surface area contributed by atoms with E-state index in [2.05, 4.69) is 5.10 Å². The fourth-order valence-electron chi connectivity index (χ4n) is 2.31. The van der Waals surface area contributed by atoms with Crippen LogP contribution >= 0.6 is 11.6 Å². The number of aromatic nitrogens is 2. The largest absolute Gasteiger partial charge is 0.464 e. The lowest BCUT2D eigenvalue weighted by molar-refractivity contribution is 0.0595. The molecule has 0 radical (unpaired) electrons. The number of fused-ring (bicyclic) bond motifs is 1. The highest BCUT2D eigenvalue weighted by Gasteiger charge is 2.18. The average molecular weight is 319 g/mol. The van der Waals surface area contributed by atoms with E-state index in [1.807, 2.05) is 18.2 Å². The predicted octanol–water partition coefficient (Wildman–Crippen LogP) is 3.66. The molecule has 0 unspecified atom stereocenters. The number of nitrogens with zero attached hydrogens (tertiary/aromatic N) is 2. The molecule has 1 aromatic heterocycles. The number of para-hydroxylation sites is 1. The third-order valence-corrected chi connectivity index (χ3v) is 3.61. The van der Waals surface area contributed by atoms with Crippen molar-refractivity contribution >= 4 is 28.5 Å². The zero-order valence-electron chi connectivity index (χ0n) is 11.7. The second kappa shape index (κ2) is 5.77. The summed E-state index contributed by atoms with van der Waals surface area (Å²) in [5.41, 5.74) is 1.39. The number of methoxy groups -OCH3 is 1. The third-order valence-electron chi connectivity index (χ3n) is 3.37. The zero-order chi connectivity index (χ0) is 15.7. The van der Waals surface area contributed by atoms with E-state index in [1.165, 1.54) is 13.2 Å². The number of ether oxygens (including phenoxy) is 1. The van der Waals surface area contributed by atoms with Crippen LogP contribution < -0.4 is 0 Å². The molecule has 0 aliphatic heterocycles. The van der Waals surface area contributed by atoms with Crippen molar-refractivity contribution < 1.29 is 13.9 Å². The van der Waals surface area contributed by atoms with Crippen LogP contribution in [-0.4, -0.2) is 22.9 Å². The first-order valence-electron chi connectivity index (χ1n) is 6.58. The fraction of sp³-hybridized carbons (Fsp3) is 0.125. The zero-order valence-corrected chi connectivity index (χ0v) is 12.5. The van der Waals surface area contributed by atoms with E-state index in [1.54, 1.807) is 22.9 Å². The Hall–Kier alpha value is -2.40. The Bertz CT molecular complexity index is 860. The van der Waals surface area contributed by atoms with Gasteiger partial charge in [-0.2, -0.15) is 5.10 Å². The smallest absolute Gasteiger partial charge is 0.359 e. The van der Waals surface area contributed by atoms with Crippen molar-refractivity contribution in [3.05, 3.63) is 64.6 Å². The molecule has 3 aromatic rings. The van der Waals surface area contributed by atoms with E-state index >= 15 is 0 Å². The molecule has 0 aliphatic carbocycles. The van der Waals surface area contributed by atoms with E-state index in [4.69, 9.17) is 16.3 Å². The van der Waals surface area contributed by atoms with Crippen LogP contribution in [-0.2, 0) is 11.3 Å². The molecule has 0 fully saturated rings. The minimum absolute atomic E-state index is 0.195. The van der Waals surface area contributed by atoms with Crippen LogP contribution in [0.2, 0.25) is 5.02 Å². The molecule has 0 spiro atoms. The molecule has 0 saturated carbocycles. The van der Waals surface area contributed by atoms with Crippen LogP contribution in [0.15, 0.2) is 42.5 Å². The Kier molecular flexibility index (Phi) is 3.81. The first-order chi connectivity index (χ1) is 10.6. The normalized spacial score (nSPS) is 10.9. The number of halogens is 2. The van der Waals surface area contributed by atoms with Gasteiger partial charge >= 0.3 is 5.97 Å². The maximum absolute atomic E-state index is 14.0. The molecular formula is C16H12ClFN2O2. The summed E-state index contributed by atoms with van der Waals surface area (Å²) in [4.78, 5) is 11.8. The van der Waals surface area contributed by atoms with Crippen LogP contribution in [0.3, 0.4) is 0 Å². The highest BCUT2D eigenvalue weighted by molar-refractivity contribution is 6.30. The Balaban J connectivity index is 2.09.